The van der Waals surface area contributed by atoms with Crippen LogP contribution in [0.4, 0.5) is 0 Å². The molecule has 0 spiro atoms. The highest BCUT2D eigenvalue weighted by Crippen LogP contribution is 2.12. The molecule has 0 unspecified atom stereocenters. The smallest absolute Gasteiger partial charge is 0.240 e. The summed E-state index contributed by atoms with van der Waals surface area (Å²) < 4.78 is 5.20. The summed E-state index contributed by atoms with van der Waals surface area (Å²) in [6, 6.07) is 3.67. The average molecular weight is 226 g/mol. The first kappa shape index (κ1) is 10.6. The van der Waals surface area contributed by atoms with Crippen molar-refractivity contribution in [3.63, 3.8) is 0 Å². The third-order valence-corrected chi connectivity index (χ3v) is 3.30. The first-order valence-corrected chi connectivity index (χ1v) is 6.01. The zero-order chi connectivity index (χ0) is 10.7. The largest absolute Gasteiger partial charge is 0.467 e. The lowest BCUT2D eigenvalue weighted by Crippen LogP contribution is -2.42. The van der Waals surface area contributed by atoms with Gasteiger partial charge in [-0.25, -0.2) is 0 Å². The van der Waals surface area contributed by atoms with Gasteiger partial charge in [0, 0.05) is 18.7 Å². The van der Waals surface area contributed by atoms with Gasteiger partial charge in [-0.2, -0.15) is 0 Å². The number of nitrogens with zero attached hydrogens (tertiary/aromatic N) is 1. The molecule has 1 aliphatic heterocycles. The van der Waals surface area contributed by atoms with Crippen molar-refractivity contribution in [2.75, 3.05) is 18.7 Å². The minimum absolute atomic E-state index is 0.0324. The second-order valence-electron chi connectivity index (χ2n) is 3.55. The molecule has 1 saturated heterocycles. The molecule has 0 bridgehead atoms. The van der Waals surface area contributed by atoms with E-state index in [4.69, 9.17) is 4.42 Å². The number of carbonyl (C=O) groups excluding carboxylic acids is 1. The fourth-order valence-electron chi connectivity index (χ4n) is 1.53. The quantitative estimate of drug-likeness (QED) is 0.832. The van der Waals surface area contributed by atoms with Gasteiger partial charge in [-0.05, 0) is 12.1 Å². The number of carbonyl (C=O) groups is 1. The first-order chi connectivity index (χ1) is 7.27. The van der Waals surface area contributed by atoms with Gasteiger partial charge in [-0.1, -0.05) is 0 Å². The maximum atomic E-state index is 11.9. The van der Waals surface area contributed by atoms with Gasteiger partial charge in [0.1, 0.15) is 5.76 Å². The monoisotopic (exact) mass is 226 g/mol. The Hall–Kier alpha value is -0.940. The molecule has 2 rings (SSSR count). The molecular weight excluding hydrogens is 212 g/mol. The summed E-state index contributed by atoms with van der Waals surface area (Å²) in [4.78, 5) is 13.6. The van der Waals surface area contributed by atoms with Gasteiger partial charge in [-0.3, -0.25) is 10.1 Å². The molecule has 1 aromatic heterocycles. The standard InChI is InChI=1S/C10H14N2O2S/c1-12(5-8-3-2-4-14-8)10(13)9-6-15-7-11-9/h2-4,9,11H,5-7H2,1H3/t9-/m1/s1. The summed E-state index contributed by atoms with van der Waals surface area (Å²) in [6.45, 7) is 0.536. The van der Waals surface area contributed by atoms with Gasteiger partial charge in [0.15, 0.2) is 0 Å². The van der Waals surface area contributed by atoms with Crippen LogP contribution in [-0.2, 0) is 11.3 Å². The van der Waals surface area contributed by atoms with E-state index in [9.17, 15) is 4.79 Å². The molecule has 5 heteroatoms. The second-order valence-corrected chi connectivity index (χ2v) is 4.58. The van der Waals surface area contributed by atoms with Crippen molar-refractivity contribution in [2.24, 2.45) is 0 Å². The summed E-state index contributed by atoms with van der Waals surface area (Å²) >= 11 is 1.75. The molecular formula is C10H14N2O2S. The van der Waals surface area contributed by atoms with E-state index >= 15 is 0 Å². The summed E-state index contributed by atoms with van der Waals surface area (Å²) in [6.07, 6.45) is 1.62. The Bertz CT molecular complexity index is 320. The van der Waals surface area contributed by atoms with E-state index in [0.29, 0.717) is 6.54 Å². The number of nitrogens with one attached hydrogen (secondary N) is 1. The van der Waals surface area contributed by atoms with Crippen LogP contribution < -0.4 is 5.32 Å². The van der Waals surface area contributed by atoms with Gasteiger partial charge < -0.3 is 9.32 Å². The molecule has 0 aliphatic carbocycles. The zero-order valence-electron chi connectivity index (χ0n) is 8.60. The number of thioether (sulfide) groups is 1. The van der Waals surface area contributed by atoms with E-state index < -0.39 is 0 Å². The molecule has 1 N–H and O–H groups in total. The van der Waals surface area contributed by atoms with Crippen molar-refractivity contribution in [1.29, 1.82) is 0 Å². The van der Waals surface area contributed by atoms with Gasteiger partial charge in [0.25, 0.3) is 0 Å². The second kappa shape index (κ2) is 4.72. The SMILES string of the molecule is CN(Cc1ccco1)C(=O)[C@H]1CSCN1. The van der Waals surface area contributed by atoms with Gasteiger partial charge in [0.2, 0.25) is 5.91 Å². The fraction of sp³-hybridized carbons (Fsp3) is 0.500. The van der Waals surface area contributed by atoms with E-state index in [2.05, 4.69) is 5.32 Å². The average Bonchev–Trinajstić information content (AvgIpc) is 2.88. The number of furan rings is 1. The molecule has 15 heavy (non-hydrogen) atoms. The van der Waals surface area contributed by atoms with Crippen molar-refractivity contribution in [3.05, 3.63) is 24.2 Å². The topological polar surface area (TPSA) is 45.5 Å². The van der Waals surface area contributed by atoms with Crippen molar-refractivity contribution in [3.8, 4) is 0 Å². The maximum absolute atomic E-state index is 11.9. The van der Waals surface area contributed by atoms with Crippen LogP contribution in [0, 0.1) is 0 Å². The fourth-order valence-corrected chi connectivity index (χ4v) is 2.47. The van der Waals surface area contributed by atoms with Gasteiger partial charge >= 0.3 is 0 Å². The summed E-state index contributed by atoms with van der Waals surface area (Å²) in [7, 11) is 1.80. The van der Waals surface area contributed by atoms with E-state index in [-0.39, 0.29) is 11.9 Å². The number of hydrogen-bond acceptors (Lipinski definition) is 4. The Morgan fingerprint density at radius 3 is 3.27 bits per heavy atom. The normalized spacial score (nSPS) is 20.5. The molecule has 1 amide bonds. The van der Waals surface area contributed by atoms with Crippen LogP contribution in [0.3, 0.4) is 0 Å². The van der Waals surface area contributed by atoms with Crippen LogP contribution in [0.15, 0.2) is 22.8 Å². The van der Waals surface area contributed by atoms with Gasteiger partial charge in [-0.15, -0.1) is 11.8 Å². The maximum Gasteiger partial charge on any atom is 0.240 e. The van der Waals surface area contributed by atoms with Crippen LogP contribution in [0.5, 0.6) is 0 Å². The number of amides is 1. The molecule has 1 atom stereocenters. The van der Waals surface area contributed by atoms with Crippen molar-refractivity contribution in [2.45, 2.75) is 12.6 Å². The van der Waals surface area contributed by atoms with E-state index in [1.165, 1.54) is 0 Å². The van der Waals surface area contributed by atoms with Crippen LogP contribution in [0.2, 0.25) is 0 Å². The van der Waals surface area contributed by atoms with Crippen LogP contribution >= 0.6 is 11.8 Å². The van der Waals surface area contributed by atoms with E-state index in [0.717, 1.165) is 17.4 Å². The zero-order valence-corrected chi connectivity index (χ0v) is 9.42. The molecule has 0 saturated carbocycles. The van der Waals surface area contributed by atoms with Crippen LogP contribution in [0.25, 0.3) is 0 Å². The number of hydrogen-bond donors (Lipinski definition) is 1. The lowest BCUT2D eigenvalue weighted by atomic mass is 10.3. The van der Waals surface area contributed by atoms with Crippen LogP contribution in [0.1, 0.15) is 5.76 Å². The van der Waals surface area contributed by atoms with Crippen LogP contribution in [-0.4, -0.2) is 35.5 Å². The molecule has 2 heterocycles. The minimum atomic E-state index is -0.0324. The van der Waals surface area contributed by atoms with E-state index in [1.54, 1.807) is 30.0 Å². The lowest BCUT2D eigenvalue weighted by Gasteiger charge is -2.19. The highest BCUT2D eigenvalue weighted by Gasteiger charge is 2.25. The van der Waals surface area contributed by atoms with E-state index in [1.807, 2.05) is 12.1 Å². The molecule has 0 radical (unpaired) electrons. The molecule has 4 nitrogen and oxygen atoms in total. The summed E-state index contributed by atoms with van der Waals surface area (Å²) in [5.41, 5.74) is 0. The Morgan fingerprint density at radius 2 is 2.67 bits per heavy atom. The number of rotatable bonds is 3. The predicted molar refractivity (Wildman–Crippen MR) is 59.4 cm³/mol. The highest BCUT2D eigenvalue weighted by atomic mass is 32.2. The first-order valence-electron chi connectivity index (χ1n) is 4.86. The third-order valence-electron chi connectivity index (χ3n) is 2.36. The highest BCUT2D eigenvalue weighted by molar-refractivity contribution is 7.99. The predicted octanol–water partition coefficient (Wildman–Crippen LogP) is 0.901. The lowest BCUT2D eigenvalue weighted by molar-refractivity contribution is -0.132. The Kier molecular flexibility index (Phi) is 3.33. The Balaban J connectivity index is 1.89. The van der Waals surface area contributed by atoms with Crippen molar-refractivity contribution >= 4 is 17.7 Å². The molecule has 1 aromatic rings. The Labute approximate surface area is 93.0 Å². The summed E-state index contributed by atoms with van der Waals surface area (Å²) in [5, 5.41) is 3.16. The molecule has 0 aromatic carbocycles. The van der Waals surface area contributed by atoms with Crippen molar-refractivity contribution in [1.82, 2.24) is 10.2 Å². The molecule has 82 valence electrons. The minimum Gasteiger partial charge on any atom is -0.467 e. The third kappa shape index (κ3) is 2.54. The molecule has 1 aliphatic rings. The van der Waals surface area contributed by atoms with Gasteiger partial charge in [0.05, 0.1) is 18.8 Å². The number of likely N-dealkylation sites (N-methyl/N-ethyl adjacent to an activating group) is 1. The van der Waals surface area contributed by atoms with Crippen molar-refractivity contribution < 1.29 is 9.21 Å². The summed E-state index contributed by atoms with van der Waals surface area (Å²) in [5.74, 6) is 2.68. The molecule has 1 fully saturated rings. The Morgan fingerprint density at radius 1 is 1.80 bits per heavy atom.